The Labute approximate surface area is 87.6 Å². The van der Waals surface area contributed by atoms with E-state index in [1.54, 1.807) is 0 Å². The van der Waals surface area contributed by atoms with Gasteiger partial charge in [-0.15, -0.1) is 0 Å². The van der Waals surface area contributed by atoms with E-state index in [2.05, 4.69) is 0 Å². The molecular weight excluding hydrogens is 202 g/mol. The third kappa shape index (κ3) is 1.89. The number of aliphatic hydroxyl groups is 3. The summed E-state index contributed by atoms with van der Waals surface area (Å²) in [6.07, 6.45) is -3.21. The molecule has 2 heterocycles. The van der Waals surface area contributed by atoms with Gasteiger partial charge in [0.1, 0.15) is 24.4 Å². The van der Waals surface area contributed by atoms with Crippen molar-refractivity contribution in [2.45, 2.75) is 43.0 Å². The van der Waals surface area contributed by atoms with E-state index in [1.807, 2.05) is 0 Å². The number of hydrogen-bond acceptors (Lipinski definition) is 6. The lowest BCUT2D eigenvalue weighted by Gasteiger charge is -2.38. The highest BCUT2D eigenvalue weighted by Crippen LogP contribution is 2.32. The van der Waals surface area contributed by atoms with E-state index >= 15 is 0 Å². The Balaban J connectivity index is 2.06. The Morgan fingerprint density at radius 2 is 1.93 bits per heavy atom. The van der Waals surface area contributed by atoms with Crippen LogP contribution in [0, 0.1) is 0 Å². The first-order valence-electron chi connectivity index (χ1n) is 5.15. The molecule has 2 rings (SSSR count). The molecular formula is C9H17NO5. The lowest BCUT2D eigenvalue weighted by Crippen LogP contribution is -2.57. The molecule has 0 aromatic carbocycles. The molecule has 0 bridgehead atoms. The van der Waals surface area contributed by atoms with Gasteiger partial charge in [0.05, 0.1) is 18.8 Å². The van der Waals surface area contributed by atoms with Gasteiger partial charge in [-0.3, -0.25) is 0 Å². The first kappa shape index (κ1) is 11.3. The van der Waals surface area contributed by atoms with Gasteiger partial charge >= 0.3 is 0 Å². The summed E-state index contributed by atoms with van der Waals surface area (Å²) < 4.78 is 10.9. The maximum atomic E-state index is 9.76. The third-order valence-corrected chi connectivity index (χ3v) is 3.07. The minimum atomic E-state index is -1.10. The lowest BCUT2D eigenvalue weighted by molar-refractivity contribution is -0.217. The maximum Gasteiger partial charge on any atom is 0.113 e. The van der Waals surface area contributed by atoms with Gasteiger partial charge in [0.15, 0.2) is 0 Å². The normalized spacial score (nSPS) is 50.4. The predicted octanol–water partition coefficient (Wildman–Crippen LogP) is -2.42. The van der Waals surface area contributed by atoms with E-state index in [0.29, 0.717) is 13.0 Å². The number of fused-ring (bicyclic) bond motifs is 1. The molecule has 0 spiro atoms. The summed E-state index contributed by atoms with van der Waals surface area (Å²) in [4.78, 5) is 0. The monoisotopic (exact) mass is 219 g/mol. The van der Waals surface area contributed by atoms with Crippen LogP contribution in [-0.4, -0.2) is 65.1 Å². The van der Waals surface area contributed by atoms with Crippen LogP contribution in [0.15, 0.2) is 0 Å². The molecule has 0 saturated carbocycles. The van der Waals surface area contributed by atoms with Crippen LogP contribution in [0.5, 0.6) is 0 Å². The van der Waals surface area contributed by atoms with Crippen molar-refractivity contribution in [1.29, 1.82) is 0 Å². The second-order valence-electron chi connectivity index (χ2n) is 4.07. The minimum absolute atomic E-state index is 0.140. The van der Waals surface area contributed by atoms with Crippen molar-refractivity contribution in [2.24, 2.45) is 5.73 Å². The van der Waals surface area contributed by atoms with Gasteiger partial charge in [0.2, 0.25) is 0 Å². The van der Waals surface area contributed by atoms with Crippen molar-refractivity contribution in [3.8, 4) is 0 Å². The molecule has 15 heavy (non-hydrogen) atoms. The van der Waals surface area contributed by atoms with E-state index in [-0.39, 0.29) is 18.8 Å². The van der Waals surface area contributed by atoms with Crippen molar-refractivity contribution < 1.29 is 24.8 Å². The molecule has 2 aliphatic rings. The molecule has 2 saturated heterocycles. The van der Waals surface area contributed by atoms with Crippen LogP contribution in [0.4, 0.5) is 0 Å². The van der Waals surface area contributed by atoms with E-state index in [0.717, 1.165) is 0 Å². The first-order valence-corrected chi connectivity index (χ1v) is 5.15. The molecule has 2 fully saturated rings. The zero-order valence-corrected chi connectivity index (χ0v) is 8.32. The highest BCUT2D eigenvalue weighted by molar-refractivity contribution is 4.97. The first-order chi connectivity index (χ1) is 7.17. The number of rotatable bonds is 2. The highest BCUT2D eigenvalue weighted by Gasteiger charge is 2.49. The Morgan fingerprint density at radius 1 is 1.20 bits per heavy atom. The van der Waals surface area contributed by atoms with Crippen LogP contribution in [-0.2, 0) is 9.47 Å². The lowest BCUT2D eigenvalue weighted by atomic mass is 9.95. The molecule has 4 unspecified atom stereocenters. The predicted molar refractivity (Wildman–Crippen MR) is 50.1 cm³/mol. The summed E-state index contributed by atoms with van der Waals surface area (Å²) >= 11 is 0. The maximum absolute atomic E-state index is 9.76. The van der Waals surface area contributed by atoms with Crippen LogP contribution < -0.4 is 5.73 Å². The average Bonchev–Trinajstić information content (AvgIpc) is 2.66. The average molecular weight is 219 g/mol. The quantitative estimate of drug-likeness (QED) is 0.412. The third-order valence-electron chi connectivity index (χ3n) is 3.07. The summed E-state index contributed by atoms with van der Waals surface area (Å²) in [6, 6.07) is 0. The minimum Gasteiger partial charge on any atom is -0.394 e. The summed E-state index contributed by atoms with van der Waals surface area (Å²) in [6.45, 7) is 0.0533. The van der Waals surface area contributed by atoms with Crippen LogP contribution in [0.1, 0.15) is 6.42 Å². The van der Waals surface area contributed by atoms with E-state index in [1.165, 1.54) is 0 Å². The molecule has 6 atom stereocenters. The summed E-state index contributed by atoms with van der Waals surface area (Å²) in [5.41, 5.74) is 5.46. The molecule has 0 aromatic rings. The molecule has 5 N–H and O–H groups in total. The van der Waals surface area contributed by atoms with Crippen molar-refractivity contribution in [1.82, 2.24) is 0 Å². The molecule has 0 aromatic heterocycles. The van der Waals surface area contributed by atoms with Crippen molar-refractivity contribution >= 4 is 0 Å². The van der Waals surface area contributed by atoms with Crippen LogP contribution >= 0.6 is 0 Å². The molecule has 6 heteroatoms. The van der Waals surface area contributed by atoms with Crippen LogP contribution in [0.3, 0.4) is 0 Å². The van der Waals surface area contributed by atoms with Gasteiger partial charge in [0, 0.05) is 13.0 Å². The second-order valence-corrected chi connectivity index (χ2v) is 4.07. The van der Waals surface area contributed by atoms with E-state index in [4.69, 9.17) is 20.3 Å². The SMILES string of the molecule is NCC1C[C@@H]2OC(CO)[C@@H](O)C(O)C2O1. The Hall–Kier alpha value is -0.240. The Kier molecular flexibility index (Phi) is 3.24. The molecule has 0 radical (unpaired) electrons. The fourth-order valence-electron chi connectivity index (χ4n) is 2.21. The zero-order valence-electron chi connectivity index (χ0n) is 8.32. The number of hydrogen-bond donors (Lipinski definition) is 4. The Bertz CT molecular complexity index is 227. The molecule has 2 aliphatic heterocycles. The fraction of sp³-hybridized carbons (Fsp3) is 1.00. The van der Waals surface area contributed by atoms with Crippen LogP contribution in [0.25, 0.3) is 0 Å². The number of aliphatic hydroxyl groups excluding tert-OH is 3. The zero-order chi connectivity index (χ0) is 11.0. The second kappa shape index (κ2) is 4.32. The van der Waals surface area contributed by atoms with Crippen molar-refractivity contribution in [2.75, 3.05) is 13.2 Å². The van der Waals surface area contributed by atoms with Gasteiger partial charge in [-0.2, -0.15) is 0 Å². The topological polar surface area (TPSA) is 105 Å². The molecule has 0 amide bonds. The van der Waals surface area contributed by atoms with Crippen molar-refractivity contribution in [3.63, 3.8) is 0 Å². The smallest absolute Gasteiger partial charge is 0.113 e. The van der Waals surface area contributed by atoms with Gasteiger partial charge in [0.25, 0.3) is 0 Å². The standard InChI is InChI=1S/C9H17NO5/c10-2-4-1-5-9(14-4)8(13)7(12)6(3-11)15-5/h4-9,11-13H,1-3,10H2/t4?,5-,6?,7+,8?,9?/m0/s1. The largest absolute Gasteiger partial charge is 0.394 e. The van der Waals surface area contributed by atoms with E-state index < -0.39 is 24.4 Å². The van der Waals surface area contributed by atoms with Gasteiger partial charge in [-0.25, -0.2) is 0 Å². The van der Waals surface area contributed by atoms with Crippen molar-refractivity contribution in [3.05, 3.63) is 0 Å². The molecule has 0 aliphatic carbocycles. The molecule has 6 nitrogen and oxygen atoms in total. The van der Waals surface area contributed by atoms with Gasteiger partial charge in [-0.05, 0) is 0 Å². The fourth-order valence-corrected chi connectivity index (χ4v) is 2.21. The summed E-state index contributed by atoms with van der Waals surface area (Å²) in [7, 11) is 0. The summed E-state index contributed by atoms with van der Waals surface area (Å²) in [5.74, 6) is 0. The Morgan fingerprint density at radius 3 is 2.53 bits per heavy atom. The highest BCUT2D eigenvalue weighted by atomic mass is 16.6. The van der Waals surface area contributed by atoms with Gasteiger partial charge < -0.3 is 30.5 Å². The number of ether oxygens (including phenoxy) is 2. The summed E-state index contributed by atoms with van der Waals surface area (Å²) in [5, 5.41) is 28.3. The number of nitrogens with two attached hydrogens (primary N) is 1. The van der Waals surface area contributed by atoms with Crippen LogP contribution in [0.2, 0.25) is 0 Å². The van der Waals surface area contributed by atoms with Gasteiger partial charge in [-0.1, -0.05) is 0 Å². The van der Waals surface area contributed by atoms with E-state index in [9.17, 15) is 10.2 Å². The molecule has 88 valence electrons.